The van der Waals surface area contributed by atoms with Crippen molar-refractivity contribution in [3.63, 3.8) is 0 Å². The molecule has 1 saturated heterocycles. The number of benzene rings is 1. The molecule has 8 atom stereocenters. The normalized spacial score (nSPS) is 18.6. The number of hydrogen-bond donors (Lipinski definition) is 3. The number of hydrogen-bond acceptors (Lipinski definition) is 10. The van der Waals surface area contributed by atoms with E-state index in [4.69, 9.17) is 9.47 Å². The predicted octanol–water partition coefficient (Wildman–Crippen LogP) is 3.97. The van der Waals surface area contributed by atoms with E-state index >= 15 is 0 Å². The summed E-state index contributed by atoms with van der Waals surface area (Å²) in [5.74, 6) is -5.93. The zero-order valence-corrected chi connectivity index (χ0v) is 39.9. The van der Waals surface area contributed by atoms with Gasteiger partial charge in [0.05, 0.1) is 42.5 Å². The highest BCUT2D eigenvalue weighted by Gasteiger charge is 2.43. The molecule has 2 aliphatic rings. The Hall–Kier alpha value is -5.29. The van der Waals surface area contributed by atoms with Gasteiger partial charge in [-0.1, -0.05) is 77.8 Å². The molecule has 1 aromatic carbocycles. The molecule has 0 spiro atoms. The van der Waals surface area contributed by atoms with Crippen LogP contribution in [0.4, 0.5) is 0 Å². The Kier molecular flexibility index (Phi) is 21.1. The van der Waals surface area contributed by atoms with Crippen LogP contribution in [0.5, 0.6) is 0 Å². The Morgan fingerprint density at radius 3 is 2.18 bits per heavy atom. The van der Waals surface area contributed by atoms with Crippen LogP contribution in [0.2, 0.25) is 0 Å². The second kappa shape index (κ2) is 25.4. The quantitative estimate of drug-likeness (QED) is 0.0686. The number of likely N-dealkylation sites (tertiary alicyclic amines) is 1. The van der Waals surface area contributed by atoms with E-state index in [1.54, 1.807) is 48.0 Å². The molecule has 0 aliphatic carbocycles. The van der Waals surface area contributed by atoms with Crippen molar-refractivity contribution >= 4 is 53.5 Å². The molecule has 360 valence electrons. The Bertz CT molecular complexity index is 1870. The number of amides is 7. The van der Waals surface area contributed by atoms with E-state index in [-0.39, 0.29) is 67.2 Å². The summed E-state index contributed by atoms with van der Waals surface area (Å²) in [6.45, 7) is 13.1. The summed E-state index contributed by atoms with van der Waals surface area (Å²) in [5.41, 5.74) is -0.608. The Labute approximate surface area is 384 Å². The molecule has 0 radical (unpaired) electrons. The molecule has 0 saturated carbocycles. The zero-order valence-electron chi connectivity index (χ0n) is 39.9. The lowest BCUT2D eigenvalue weighted by Crippen LogP contribution is -2.55. The molecule has 1 fully saturated rings. The summed E-state index contributed by atoms with van der Waals surface area (Å²) in [6, 6.07) is 6.83. The fourth-order valence-corrected chi connectivity index (χ4v) is 8.57. The van der Waals surface area contributed by atoms with Gasteiger partial charge in [0.2, 0.25) is 23.6 Å². The number of ether oxygens (including phenoxy) is 2. The van der Waals surface area contributed by atoms with Gasteiger partial charge in [0.15, 0.2) is 0 Å². The Morgan fingerprint density at radius 1 is 0.969 bits per heavy atom. The molecule has 17 heteroatoms. The first-order chi connectivity index (χ1) is 30.7. The molecule has 1 aromatic rings. The van der Waals surface area contributed by atoms with Gasteiger partial charge in [-0.15, -0.1) is 0 Å². The SMILES string of the molecule is CC[C@H](C)[C@@H]([C@@H](CC(=O)N1CCC[C@H]1[C@H](OC)[C@@H](C)C(=O)N[C@@H](Cc1ccccc1)C(=O)O)OC)N(C)C(=O)C(/C=N/C(=O)C(C)(C)NC(=O)CCCCCN1C(=O)C=CC1=O)C(C)C. The second-order valence-corrected chi connectivity index (χ2v) is 18.2. The lowest BCUT2D eigenvalue weighted by atomic mass is 9.88. The second-order valence-electron chi connectivity index (χ2n) is 18.2. The minimum Gasteiger partial charge on any atom is -0.480 e. The number of carbonyl (C=O) groups is 8. The molecule has 65 heavy (non-hydrogen) atoms. The van der Waals surface area contributed by atoms with Crippen molar-refractivity contribution in [2.45, 2.75) is 142 Å². The van der Waals surface area contributed by atoms with Crippen LogP contribution < -0.4 is 10.6 Å². The van der Waals surface area contributed by atoms with E-state index < -0.39 is 65.5 Å². The van der Waals surface area contributed by atoms with Crippen LogP contribution in [0, 0.1) is 23.7 Å². The summed E-state index contributed by atoms with van der Waals surface area (Å²) in [7, 11) is 4.63. The number of aliphatic carboxylic acids is 1. The van der Waals surface area contributed by atoms with Gasteiger partial charge in [-0.2, -0.15) is 0 Å². The number of carboxylic acid groups (broad SMARTS) is 1. The maximum absolute atomic E-state index is 14.3. The van der Waals surface area contributed by atoms with Gasteiger partial charge < -0.3 is 35.0 Å². The third-order valence-corrected chi connectivity index (χ3v) is 12.7. The number of likely N-dealkylation sites (N-methyl/N-ethyl adjacent to an activating group) is 1. The number of rotatable bonds is 26. The van der Waals surface area contributed by atoms with Crippen molar-refractivity contribution in [1.29, 1.82) is 0 Å². The van der Waals surface area contributed by atoms with Crippen molar-refractivity contribution < 1.29 is 52.9 Å². The molecule has 0 bridgehead atoms. The van der Waals surface area contributed by atoms with Crippen LogP contribution in [-0.2, 0) is 54.3 Å². The van der Waals surface area contributed by atoms with Crippen LogP contribution in [0.15, 0.2) is 47.5 Å². The number of unbranched alkanes of at least 4 members (excludes halogenated alkanes) is 2. The summed E-state index contributed by atoms with van der Waals surface area (Å²) in [4.78, 5) is 113. The molecular formula is C48H72N6O11. The standard InChI is InChI=1S/C48H72N6O11/c1-11-31(4)42(52(8)45(60)34(30(2)3)29-49-47(63)48(6,7)51-38(55)22-16-13-17-25-54-39(56)23-24-40(54)57)37(64-9)28-41(58)53-26-18-21-36(53)43(65-10)32(5)44(59)50-35(46(61)62)27-33-19-14-12-15-20-33/h12,14-15,19-20,23-24,29-32,34-37,42-43H,11,13,16-18,21-22,25-28H2,1-10H3,(H,50,59)(H,51,55)(H,61,62)/b49-29+/t31-,32+,34?,35-,36-,37+,42-,43+/m0/s1. The molecule has 7 amide bonds. The molecule has 3 rings (SSSR count). The van der Waals surface area contributed by atoms with Crippen molar-refractivity contribution in [3.05, 3.63) is 48.0 Å². The summed E-state index contributed by atoms with van der Waals surface area (Å²) in [5, 5.41) is 15.3. The fourth-order valence-electron chi connectivity index (χ4n) is 8.57. The summed E-state index contributed by atoms with van der Waals surface area (Å²) >= 11 is 0. The minimum absolute atomic E-state index is 0.0725. The zero-order chi connectivity index (χ0) is 48.6. The van der Waals surface area contributed by atoms with Gasteiger partial charge in [0.1, 0.15) is 11.6 Å². The number of aliphatic imine (C=N–C) groups is 1. The van der Waals surface area contributed by atoms with Gasteiger partial charge in [-0.25, -0.2) is 9.79 Å². The van der Waals surface area contributed by atoms with Crippen LogP contribution in [0.1, 0.15) is 105 Å². The number of carbonyl (C=O) groups excluding carboxylic acids is 7. The molecule has 0 aromatic heterocycles. The number of methoxy groups -OCH3 is 2. The average Bonchev–Trinajstić information content (AvgIpc) is 3.88. The van der Waals surface area contributed by atoms with Gasteiger partial charge in [-0.3, -0.25) is 38.5 Å². The average molecular weight is 909 g/mol. The Morgan fingerprint density at radius 2 is 1.62 bits per heavy atom. The molecule has 3 N–H and O–H groups in total. The van der Waals surface area contributed by atoms with E-state index in [0.717, 1.165) is 10.5 Å². The molecule has 17 nitrogen and oxygen atoms in total. The maximum Gasteiger partial charge on any atom is 0.326 e. The van der Waals surface area contributed by atoms with E-state index in [9.17, 15) is 43.5 Å². The lowest BCUT2D eigenvalue weighted by Gasteiger charge is -2.40. The van der Waals surface area contributed by atoms with Gasteiger partial charge >= 0.3 is 5.97 Å². The third-order valence-electron chi connectivity index (χ3n) is 12.7. The topological polar surface area (TPSA) is 221 Å². The summed E-state index contributed by atoms with van der Waals surface area (Å²) < 4.78 is 11.9. The predicted molar refractivity (Wildman–Crippen MR) is 244 cm³/mol. The van der Waals surface area contributed by atoms with Crippen molar-refractivity contribution in [2.75, 3.05) is 34.4 Å². The van der Waals surface area contributed by atoms with Gasteiger partial charge in [0.25, 0.3) is 17.7 Å². The van der Waals surface area contributed by atoms with Crippen molar-refractivity contribution in [1.82, 2.24) is 25.3 Å². The highest BCUT2D eigenvalue weighted by atomic mass is 16.5. The summed E-state index contributed by atoms with van der Waals surface area (Å²) in [6.07, 6.45) is 6.01. The Balaban J connectivity index is 1.67. The largest absolute Gasteiger partial charge is 0.480 e. The van der Waals surface area contributed by atoms with Gasteiger partial charge in [-0.05, 0) is 56.9 Å². The maximum atomic E-state index is 14.3. The smallest absolute Gasteiger partial charge is 0.326 e. The minimum atomic E-state index is -1.37. The van der Waals surface area contributed by atoms with Gasteiger partial charge in [0, 0.05) is 65.6 Å². The van der Waals surface area contributed by atoms with E-state index in [1.165, 1.54) is 46.4 Å². The number of imide groups is 1. The highest BCUT2D eigenvalue weighted by Crippen LogP contribution is 2.30. The molecular weight excluding hydrogens is 837 g/mol. The van der Waals surface area contributed by atoms with E-state index in [2.05, 4.69) is 15.6 Å². The van der Waals surface area contributed by atoms with Crippen molar-refractivity contribution in [2.24, 2.45) is 28.7 Å². The molecule has 2 heterocycles. The third kappa shape index (κ3) is 15.1. The first-order valence-corrected chi connectivity index (χ1v) is 22.8. The fraction of sp³-hybridized carbons (Fsp3) is 0.646. The number of carboxylic acids is 1. The van der Waals surface area contributed by atoms with E-state index in [0.29, 0.717) is 45.1 Å². The number of nitrogens with zero attached hydrogens (tertiary/aromatic N) is 4. The van der Waals surface area contributed by atoms with Crippen LogP contribution in [-0.4, -0.2) is 144 Å². The van der Waals surface area contributed by atoms with Crippen molar-refractivity contribution in [3.8, 4) is 0 Å². The molecule has 1 unspecified atom stereocenters. The molecule has 2 aliphatic heterocycles. The number of nitrogens with one attached hydrogen (secondary N) is 2. The van der Waals surface area contributed by atoms with E-state index in [1.807, 2.05) is 33.8 Å². The lowest BCUT2D eigenvalue weighted by molar-refractivity contribution is -0.147. The van der Waals surface area contributed by atoms with Crippen LogP contribution in [0.3, 0.4) is 0 Å². The first-order valence-electron chi connectivity index (χ1n) is 22.8. The first kappa shape index (κ1) is 54.0. The highest BCUT2D eigenvalue weighted by molar-refractivity contribution is 6.12. The van der Waals surface area contributed by atoms with Crippen LogP contribution >= 0.6 is 0 Å². The van der Waals surface area contributed by atoms with Crippen LogP contribution in [0.25, 0.3) is 0 Å². The monoisotopic (exact) mass is 909 g/mol.